The molecule has 2 aromatic carbocycles. The molecule has 0 aliphatic rings. The van der Waals surface area contributed by atoms with Crippen molar-refractivity contribution >= 4 is 29.0 Å². The summed E-state index contributed by atoms with van der Waals surface area (Å²) in [7, 11) is 4.96. The second-order valence-electron chi connectivity index (χ2n) is 5.89. The summed E-state index contributed by atoms with van der Waals surface area (Å²) in [5.41, 5.74) is 8.04. The summed E-state index contributed by atoms with van der Waals surface area (Å²) < 4.78 is 12.2. The fourth-order valence-corrected chi connectivity index (χ4v) is 3.29. The van der Waals surface area contributed by atoms with Gasteiger partial charge < -0.3 is 25.1 Å². The third kappa shape index (κ3) is 4.37. The van der Waals surface area contributed by atoms with Crippen LogP contribution in [0, 0.1) is 0 Å². The van der Waals surface area contributed by atoms with Crippen molar-refractivity contribution in [1.82, 2.24) is 14.8 Å². The number of benzene rings is 2. The monoisotopic (exact) mass is 399 g/mol. The number of nitrogens with one attached hydrogen (secondary N) is 1. The topological polar surface area (TPSA) is 104 Å². The number of anilines is 2. The highest BCUT2D eigenvalue weighted by atomic mass is 32.2. The summed E-state index contributed by atoms with van der Waals surface area (Å²) in [6.07, 6.45) is 0. The number of carbonyl (C=O) groups is 1. The molecule has 1 aromatic heterocycles. The Morgan fingerprint density at radius 2 is 1.82 bits per heavy atom. The maximum absolute atomic E-state index is 12.3. The number of thioether (sulfide) groups is 1. The van der Waals surface area contributed by atoms with E-state index in [1.165, 1.54) is 11.8 Å². The van der Waals surface area contributed by atoms with Crippen LogP contribution in [0.5, 0.6) is 11.5 Å². The van der Waals surface area contributed by atoms with Crippen molar-refractivity contribution in [2.75, 3.05) is 31.0 Å². The first kappa shape index (κ1) is 19.6. The Morgan fingerprint density at radius 3 is 2.46 bits per heavy atom. The Labute approximate surface area is 167 Å². The number of para-hydroxylation sites is 1. The Morgan fingerprint density at radius 1 is 1.14 bits per heavy atom. The third-order valence-electron chi connectivity index (χ3n) is 4.00. The largest absolute Gasteiger partial charge is 0.497 e. The highest BCUT2D eigenvalue weighted by molar-refractivity contribution is 7.99. The van der Waals surface area contributed by atoms with Gasteiger partial charge in [0.15, 0.2) is 11.0 Å². The molecule has 0 spiro atoms. The number of ether oxygens (including phenoxy) is 2. The highest BCUT2D eigenvalue weighted by Crippen LogP contribution is 2.28. The number of nitrogens with two attached hydrogens (primary N) is 1. The number of hydrogen-bond donors (Lipinski definition) is 2. The quantitative estimate of drug-likeness (QED) is 0.465. The van der Waals surface area contributed by atoms with E-state index in [0.29, 0.717) is 33.9 Å². The number of amides is 1. The van der Waals surface area contributed by atoms with Crippen LogP contribution in [0.1, 0.15) is 0 Å². The van der Waals surface area contributed by atoms with Gasteiger partial charge in [0.1, 0.15) is 11.5 Å². The minimum atomic E-state index is -0.177. The van der Waals surface area contributed by atoms with Crippen molar-refractivity contribution in [2.45, 2.75) is 5.16 Å². The summed E-state index contributed by atoms with van der Waals surface area (Å²) in [4.78, 5) is 12.3. The minimum Gasteiger partial charge on any atom is -0.497 e. The average molecular weight is 399 g/mol. The Balaban J connectivity index is 1.67. The molecule has 0 unspecified atom stereocenters. The van der Waals surface area contributed by atoms with Crippen LogP contribution in [0.4, 0.5) is 11.4 Å². The maximum Gasteiger partial charge on any atom is 0.234 e. The van der Waals surface area contributed by atoms with Gasteiger partial charge in [-0.15, -0.1) is 10.2 Å². The SMILES string of the molecule is COc1cc(NC(=O)CSc2nnc(-c3ccccc3N)n2C)cc(OC)c1. The molecule has 9 heteroatoms. The molecule has 0 saturated heterocycles. The molecule has 0 aliphatic carbocycles. The van der Waals surface area contributed by atoms with E-state index in [4.69, 9.17) is 15.2 Å². The van der Waals surface area contributed by atoms with Crippen molar-refractivity contribution in [3.8, 4) is 22.9 Å². The van der Waals surface area contributed by atoms with Crippen molar-refractivity contribution in [3.63, 3.8) is 0 Å². The van der Waals surface area contributed by atoms with E-state index in [-0.39, 0.29) is 11.7 Å². The molecule has 0 atom stereocenters. The number of nitrogen functional groups attached to an aromatic ring is 1. The lowest BCUT2D eigenvalue weighted by molar-refractivity contribution is -0.113. The van der Waals surface area contributed by atoms with Gasteiger partial charge in [-0.1, -0.05) is 23.9 Å². The zero-order chi connectivity index (χ0) is 20.1. The molecule has 1 amide bonds. The number of carbonyl (C=O) groups excluding carboxylic acids is 1. The summed E-state index contributed by atoms with van der Waals surface area (Å²) in [6.45, 7) is 0. The molecule has 3 N–H and O–H groups in total. The lowest BCUT2D eigenvalue weighted by Crippen LogP contribution is -2.14. The van der Waals surface area contributed by atoms with Gasteiger partial charge in [-0.3, -0.25) is 4.79 Å². The molecule has 0 fully saturated rings. The molecule has 3 rings (SSSR count). The molecule has 3 aromatic rings. The van der Waals surface area contributed by atoms with Gasteiger partial charge in [-0.05, 0) is 12.1 Å². The molecule has 146 valence electrons. The summed E-state index contributed by atoms with van der Waals surface area (Å²) in [5.74, 6) is 1.85. The van der Waals surface area contributed by atoms with Crippen LogP contribution in [0.25, 0.3) is 11.4 Å². The van der Waals surface area contributed by atoms with Gasteiger partial charge in [0.25, 0.3) is 0 Å². The molecular weight excluding hydrogens is 378 g/mol. The summed E-state index contributed by atoms with van der Waals surface area (Å²) in [6, 6.07) is 12.6. The smallest absolute Gasteiger partial charge is 0.234 e. The normalized spacial score (nSPS) is 10.5. The molecule has 0 radical (unpaired) electrons. The second-order valence-corrected chi connectivity index (χ2v) is 6.83. The molecule has 0 bridgehead atoms. The van der Waals surface area contributed by atoms with Gasteiger partial charge in [0.05, 0.1) is 20.0 Å². The van der Waals surface area contributed by atoms with Crippen LogP contribution < -0.4 is 20.5 Å². The number of aromatic nitrogens is 3. The van der Waals surface area contributed by atoms with E-state index in [1.54, 1.807) is 32.4 Å². The zero-order valence-corrected chi connectivity index (χ0v) is 16.6. The van der Waals surface area contributed by atoms with E-state index in [2.05, 4.69) is 15.5 Å². The van der Waals surface area contributed by atoms with Crippen molar-refractivity contribution in [2.24, 2.45) is 7.05 Å². The first-order valence-corrected chi connectivity index (χ1v) is 9.40. The maximum atomic E-state index is 12.3. The van der Waals surface area contributed by atoms with Crippen LogP contribution in [0.15, 0.2) is 47.6 Å². The molecule has 28 heavy (non-hydrogen) atoms. The Kier molecular flexibility index (Phi) is 6.05. The lowest BCUT2D eigenvalue weighted by atomic mass is 10.2. The Bertz CT molecular complexity index is 967. The van der Waals surface area contributed by atoms with Crippen LogP contribution in [0.2, 0.25) is 0 Å². The predicted octanol–water partition coefficient (Wildman–Crippen LogP) is 2.81. The first-order chi connectivity index (χ1) is 13.5. The number of nitrogens with zero attached hydrogens (tertiary/aromatic N) is 3. The van der Waals surface area contributed by atoms with Gasteiger partial charge in [0, 0.05) is 42.2 Å². The van der Waals surface area contributed by atoms with Crippen LogP contribution in [0.3, 0.4) is 0 Å². The van der Waals surface area contributed by atoms with Gasteiger partial charge in [0.2, 0.25) is 5.91 Å². The summed E-state index contributed by atoms with van der Waals surface area (Å²) in [5, 5.41) is 11.8. The van der Waals surface area contributed by atoms with E-state index in [9.17, 15) is 4.79 Å². The molecule has 8 nitrogen and oxygen atoms in total. The standard InChI is InChI=1S/C19H21N5O3S/c1-24-18(15-6-4-5-7-16(15)20)22-23-19(24)28-11-17(25)21-12-8-13(26-2)10-14(9-12)27-3/h4-10H,11,20H2,1-3H3,(H,21,25). The van der Waals surface area contributed by atoms with Gasteiger partial charge >= 0.3 is 0 Å². The molecular formula is C19H21N5O3S. The van der Waals surface area contributed by atoms with Crippen LogP contribution in [-0.2, 0) is 11.8 Å². The van der Waals surface area contributed by atoms with Crippen LogP contribution in [-0.4, -0.2) is 40.6 Å². The van der Waals surface area contributed by atoms with Crippen LogP contribution >= 0.6 is 11.8 Å². The van der Waals surface area contributed by atoms with Gasteiger partial charge in [-0.25, -0.2) is 0 Å². The average Bonchev–Trinajstić information content (AvgIpc) is 3.06. The molecule has 0 saturated carbocycles. The first-order valence-electron chi connectivity index (χ1n) is 8.41. The fourth-order valence-electron chi connectivity index (χ4n) is 2.58. The molecule has 1 heterocycles. The number of hydrogen-bond acceptors (Lipinski definition) is 7. The second kappa shape index (κ2) is 8.66. The number of rotatable bonds is 7. The van der Waals surface area contributed by atoms with Crippen molar-refractivity contribution < 1.29 is 14.3 Å². The third-order valence-corrected chi connectivity index (χ3v) is 5.02. The predicted molar refractivity (Wildman–Crippen MR) is 110 cm³/mol. The van der Waals surface area contributed by atoms with E-state index < -0.39 is 0 Å². The zero-order valence-electron chi connectivity index (χ0n) is 15.8. The van der Waals surface area contributed by atoms with Crippen molar-refractivity contribution in [1.29, 1.82) is 0 Å². The van der Waals surface area contributed by atoms with Gasteiger partial charge in [-0.2, -0.15) is 0 Å². The molecule has 0 aliphatic heterocycles. The lowest BCUT2D eigenvalue weighted by Gasteiger charge is -2.10. The Hall–Kier alpha value is -3.20. The minimum absolute atomic E-state index is 0.176. The highest BCUT2D eigenvalue weighted by Gasteiger charge is 2.15. The summed E-state index contributed by atoms with van der Waals surface area (Å²) >= 11 is 1.29. The number of methoxy groups -OCH3 is 2. The fraction of sp³-hybridized carbons (Fsp3) is 0.211. The van der Waals surface area contributed by atoms with E-state index >= 15 is 0 Å². The van der Waals surface area contributed by atoms with E-state index in [1.807, 2.05) is 35.9 Å². The van der Waals surface area contributed by atoms with E-state index in [0.717, 1.165) is 5.56 Å². The van der Waals surface area contributed by atoms with Crippen molar-refractivity contribution in [3.05, 3.63) is 42.5 Å².